The van der Waals surface area contributed by atoms with E-state index in [0.29, 0.717) is 5.75 Å². The first-order chi connectivity index (χ1) is 11.1. The van der Waals surface area contributed by atoms with E-state index in [1.54, 1.807) is 24.3 Å². The minimum Gasteiger partial charge on any atom is -0.507 e. The van der Waals surface area contributed by atoms with Crippen molar-refractivity contribution in [2.24, 2.45) is 0 Å². The van der Waals surface area contributed by atoms with Crippen LogP contribution in [-0.4, -0.2) is 24.1 Å². The highest BCUT2D eigenvalue weighted by Gasteiger charge is 2.15. The number of nitrogens with one attached hydrogen (secondary N) is 1. The first-order valence-electron chi connectivity index (χ1n) is 7.05. The minimum absolute atomic E-state index is 0.0152. The number of phenols is 1. The van der Waals surface area contributed by atoms with Crippen LogP contribution >= 0.6 is 0 Å². The number of rotatable bonds is 4. The molecule has 6 nitrogen and oxygen atoms in total. The number of carbonyl (C=O) groups excluding carboxylic acids is 2. The number of aromatic hydroxyl groups is 1. The second kappa shape index (κ2) is 9.09. The fourth-order valence-corrected chi connectivity index (χ4v) is 1.62. The van der Waals surface area contributed by atoms with Gasteiger partial charge in [-0.1, -0.05) is 32.0 Å². The summed E-state index contributed by atoms with van der Waals surface area (Å²) in [7, 11) is 1.23. The monoisotopic (exact) mass is 317 g/mol. The topological polar surface area (TPSA) is 84.9 Å². The zero-order valence-electron chi connectivity index (χ0n) is 13.2. The number of hydrogen-bond acceptors (Lipinski definition) is 5. The summed E-state index contributed by atoms with van der Waals surface area (Å²) >= 11 is 0. The highest BCUT2D eigenvalue weighted by Crippen LogP contribution is 2.19. The summed E-state index contributed by atoms with van der Waals surface area (Å²) in [6.07, 6.45) is 0. The van der Waals surface area contributed by atoms with E-state index in [2.05, 4.69) is 10.2 Å². The minimum atomic E-state index is -0.632. The average molecular weight is 317 g/mol. The highest BCUT2D eigenvalue weighted by atomic mass is 16.7. The Bertz CT molecular complexity index is 655. The van der Waals surface area contributed by atoms with Crippen molar-refractivity contribution in [1.82, 2.24) is 5.48 Å². The van der Waals surface area contributed by atoms with E-state index >= 15 is 0 Å². The Morgan fingerprint density at radius 2 is 1.70 bits per heavy atom. The third kappa shape index (κ3) is 5.03. The number of hydroxylamine groups is 1. The Kier molecular flexibility index (Phi) is 7.13. The van der Waals surface area contributed by atoms with E-state index in [-0.39, 0.29) is 16.9 Å². The molecule has 0 spiro atoms. The van der Waals surface area contributed by atoms with Crippen LogP contribution in [0.1, 0.15) is 34.6 Å². The third-order valence-electron chi connectivity index (χ3n) is 2.67. The molecule has 6 heteroatoms. The Morgan fingerprint density at radius 1 is 1.04 bits per heavy atom. The van der Waals surface area contributed by atoms with Gasteiger partial charge in [0, 0.05) is 0 Å². The van der Waals surface area contributed by atoms with Crippen molar-refractivity contribution in [2.45, 2.75) is 13.8 Å². The van der Waals surface area contributed by atoms with Crippen molar-refractivity contribution in [3.63, 3.8) is 0 Å². The van der Waals surface area contributed by atoms with Gasteiger partial charge in [-0.15, -0.1) is 0 Å². The quantitative estimate of drug-likeness (QED) is 0.669. The molecular weight excluding hydrogens is 298 g/mol. The predicted octanol–water partition coefficient (Wildman–Crippen LogP) is 2.93. The standard InChI is InChI=1S/C15H13NO5.C2H6/c1-20-15(19)10-7-8-12(13(17)9-10)14(18)16-21-11-5-3-2-4-6-11;1-2/h2-9,17H,1H3,(H,16,18);1-2H3. The van der Waals surface area contributed by atoms with Gasteiger partial charge in [-0.2, -0.15) is 5.48 Å². The zero-order valence-corrected chi connectivity index (χ0v) is 13.2. The molecule has 0 aliphatic heterocycles. The van der Waals surface area contributed by atoms with Crippen LogP contribution in [-0.2, 0) is 4.74 Å². The summed E-state index contributed by atoms with van der Waals surface area (Å²) in [6.45, 7) is 4.00. The Morgan fingerprint density at radius 3 is 2.26 bits per heavy atom. The summed E-state index contributed by atoms with van der Waals surface area (Å²) in [5.74, 6) is -1.12. The van der Waals surface area contributed by atoms with Gasteiger partial charge in [0.25, 0.3) is 5.91 Å². The van der Waals surface area contributed by atoms with E-state index in [4.69, 9.17) is 4.84 Å². The summed E-state index contributed by atoms with van der Waals surface area (Å²) in [5.41, 5.74) is 2.34. The van der Waals surface area contributed by atoms with Gasteiger partial charge < -0.3 is 14.7 Å². The lowest BCUT2D eigenvalue weighted by atomic mass is 10.1. The molecule has 1 amide bonds. The van der Waals surface area contributed by atoms with E-state index in [0.717, 1.165) is 6.07 Å². The number of esters is 1. The van der Waals surface area contributed by atoms with Crippen LogP contribution in [0.4, 0.5) is 0 Å². The molecule has 0 atom stereocenters. The van der Waals surface area contributed by atoms with Crippen molar-refractivity contribution in [3.8, 4) is 11.5 Å². The molecule has 2 aromatic rings. The lowest BCUT2D eigenvalue weighted by Gasteiger charge is -2.08. The van der Waals surface area contributed by atoms with E-state index < -0.39 is 11.9 Å². The van der Waals surface area contributed by atoms with Crippen LogP contribution in [0.5, 0.6) is 11.5 Å². The molecule has 23 heavy (non-hydrogen) atoms. The number of carbonyl (C=O) groups is 2. The highest BCUT2D eigenvalue weighted by molar-refractivity contribution is 5.98. The van der Waals surface area contributed by atoms with Crippen molar-refractivity contribution < 1.29 is 24.3 Å². The maximum Gasteiger partial charge on any atom is 0.337 e. The molecule has 0 aliphatic carbocycles. The van der Waals surface area contributed by atoms with Gasteiger partial charge >= 0.3 is 5.97 Å². The summed E-state index contributed by atoms with van der Waals surface area (Å²) in [6, 6.07) is 12.5. The smallest absolute Gasteiger partial charge is 0.337 e. The van der Waals surface area contributed by atoms with Gasteiger partial charge in [0.2, 0.25) is 0 Å². The van der Waals surface area contributed by atoms with Gasteiger partial charge in [0.1, 0.15) is 5.75 Å². The van der Waals surface area contributed by atoms with Crippen LogP contribution in [0.2, 0.25) is 0 Å². The molecule has 0 unspecified atom stereocenters. The number of methoxy groups -OCH3 is 1. The number of ether oxygens (including phenoxy) is 1. The fourth-order valence-electron chi connectivity index (χ4n) is 1.62. The van der Waals surface area contributed by atoms with E-state index in [1.807, 2.05) is 19.9 Å². The van der Waals surface area contributed by atoms with Crippen LogP contribution in [0.25, 0.3) is 0 Å². The van der Waals surface area contributed by atoms with E-state index in [9.17, 15) is 14.7 Å². The largest absolute Gasteiger partial charge is 0.507 e. The Hall–Kier alpha value is -3.02. The number of phenolic OH excluding ortho intramolecular Hbond substituents is 1. The SMILES string of the molecule is CC.COC(=O)c1ccc(C(=O)NOc2ccccc2)c(O)c1. The first-order valence-corrected chi connectivity index (χ1v) is 7.05. The fraction of sp³-hybridized carbons (Fsp3) is 0.176. The molecule has 0 saturated heterocycles. The molecule has 2 rings (SSSR count). The van der Waals surface area contributed by atoms with Crippen molar-refractivity contribution in [1.29, 1.82) is 0 Å². The zero-order chi connectivity index (χ0) is 17.2. The lowest BCUT2D eigenvalue weighted by Crippen LogP contribution is -2.27. The predicted molar refractivity (Wildman–Crippen MR) is 85.3 cm³/mol. The van der Waals surface area contributed by atoms with Crippen molar-refractivity contribution in [3.05, 3.63) is 59.7 Å². The summed E-state index contributed by atoms with van der Waals surface area (Å²) in [4.78, 5) is 28.2. The number of amides is 1. The van der Waals surface area contributed by atoms with Crippen LogP contribution in [0.3, 0.4) is 0 Å². The number of para-hydroxylation sites is 1. The van der Waals surface area contributed by atoms with Gasteiger partial charge in [-0.3, -0.25) is 4.79 Å². The molecule has 0 radical (unpaired) electrons. The van der Waals surface area contributed by atoms with Crippen LogP contribution in [0.15, 0.2) is 48.5 Å². The molecule has 2 aromatic carbocycles. The maximum absolute atomic E-state index is 11.9. The normalized spacial score (nSPS) is 9.17. The van der Waals surface area contributed by atoms with Gasteiger partial charge in [-0.05, 0) is 30.3 Å². The second-order valence-corrected chi connectivity index (χ2v) is 4.07. The molecule has 0 fully saturated rings. The third-order valence-corrected chi connectivity index (χ3v) is 2.67. The molecule has 0 aromatic heterocycles. The molecule has 2 N–H and O–H groups in total. The molecule has 0 heterocycles. The Labute approximate surface area is 134 Å². The summed E-state index contributed by atoms with van der Waals surface area (Å²) < 4.78 is 4.52. The molecule has 0 aliphatic rings. The van der Waals surface area contributed by atoms with Crippen LogP contribution in [0, 0.1) is 0 Å². The molecule has 0 bridgehead atoms. The average Bonchev–Trinajstić information content (AvgIpc) is 2.61. The van der Waals surface area contributed by atoms with Crippen molar-refractivity contribution in [2.75, 3.05) is 7.11 Å². The molecular formula is C17H19NO5. The van der Waals surface area contributed by atoms with Crippen LogP contribution < -0.4 is 10.3 Å². The van der Waals surface area contributed by atoms with Gasteiger partial charge in [0.15, 0.2) is 5.75 Å². The second-order valence-electron chi connectivity index (χ2n) is 4.07. The number of hydrogen-bond donors (Lipinski definition) is 2. The molecule has 0 saturated carbocycles. The lowest BCUT2D eigenvalue weighted by molar-refractivity contribution is 0.0599. The van der Waals surface area contributed by atoms with E-state index in [1.165, 1.54) is 19.2 Å². The van der Waals surface area contributed by atoms with Gasteiger partial charge in [0.05, 0.1) is 18.2 Å². The van der Waals surface area contributed by atoms with Gasteiger partial charge in [-0.25, -0.2) is 4.79 Å². The van der Waals surface area contributed by atoms with Crippen molar-refractivity contribution >= 4 is 11.9 Å². The first kappa shape index (κ1) is 18.0. The number of benzene rings is 2. The summed E-state index contributed by atoms with van der Waals surface area (Å²) in [5, 5.41) is 9.78. The molecule has 122 valence electrons. The Balaban J connectivity index is 0.00000127. The maximum atomic E-state index is 11.9.